The van der Waals surface area contributed by atoms with Crippen LogP contribution in [0, 0.1) is 0 Å². The van der Waals surface area contributed by atoms with Crippen molar-refractivity contribution in [3.05, 3.63) is 101 Å². The third-order valence-corrected chi connectivity index (χ3v) is 4.64. The van der Waals surface area contributed by atoms with Crippen LogP contribution < -0.4 is 4.52 Å². The van der Waals surface area contributed by atoms with E-state index in [1.807, 2.05) is 60.7 Å². The van der Waals surface area contributed by atoms with Crippen molar-refractivity contribution in [1.29, 1.82) is 0 Å². The molecular weight excluding hydrogens is 355 g/mol. The normalized spacial score (nSPS) is 10.8. The van der Waals surface area contributed by atoms with E-state index in [2.05, 4.69) is 0 Å². The monoisotopic (exact) mass is 372 g/mol. The fraction of sp³-hybridized carbons (Fsp3) is 0.100. The van der Waals surface area contributed by atoms with Crippen LogP contribution in [0.25, 0.3) is 0 Å². The summed E-state index contributed by atoms with van der Waals surface area (Å²) in [6.07, 6.45) is 0. The van der Waals surface area contributed by atoms with Crippen LogP contribution in [0.5, 0.6) is 5.75 Å². The summed E-state index contributed by atoms with van der Waals surface area (Å²) in [7, 11) is -1.54. The highest BCUT2D eigenvalue weighted by Crippen LogP contribution is 2.42. The summed E-state index contributed by atoms with van der Waals surface area (Å²) in [5, 5.41) is 0.659. The summed E-state index contributed by atoms with van der Waals surface area (Å²) in [5.41, 5.74) is 2.14. The van der Waals surface area contributed by atoms with Gasteiger partial charge < -0.3 is 4.52 Å². The first-order valence-electron chi connectivity index (χ1n) is 7.87. The quantitative estimate of drug-likeness (QED) is 0.429. The molecule has 0 saturated heterocycles. The molecule has 0 spiro atoms. The number of hydrogen-bond donors (Lipinski definition) is 0. The average molecular weight is 373 g/mol. The highest BCUT2D eigenvalue weighted by atomic mass is 35.5. The van der Waals surface area contributed by atoms with Crippen molar-refractivity contribution in [3.63, 3.8) is 0 Å². The summed E-state index contributed by atoms with van der Waals surface area (Å²) in [6.45, 7) is 0.851. The van der Waals surface area contributed by atoms with Crippen LogP contribution in [0.4, 0.5) is 0 Å². The predicted octanol–water partition coefficient (Wildman–Crippen LogP) is 6.38. The molecule has 0 radical (unpaired) electrons. The zero-order chi connectivity index (χ0) is 17.3. The molecule has 3 aromatic carbocycles. The van der Waals surface area contributed by atoms with Crippen molar-refractivity contribution in [2.24, 2.45) is 0 Å². The first-order chi connectivity index (χ1) is 12.3. The molecule has 0 heterocycles. The topological polar surface area (TPSA) is 27.7 Å². The number of halogens is 1. The highest BCUT2D eigenvalue weighted by Gasteiger charge is 2.15. The van der Waals surface area contributed by atoms with Gasteiger partial charge in [-0.05, 0) is 35.4 Å². The molecule has 0 aliphatic rings. The Morgan fingerprint density at radius 3 is 1.60 bits per heavy atom. The minimum Gasteiger partial charge on any atom is -0.427 e. The molecule has 0 aromatic heterocycles. The van der Waals surface area contributed by atoms with Gasteiger partial charge in [0.15, 0.2) is 0 Å². The molecule has 0 unspecified atom stereocenters. The number of rotatable bonds is 8. The molecule has 128 valence electrons. The Kier molecular flexibility index (Phi) is 6.84. The second-order valence-electron chi connectivity index (χ2n) is 5.29. The fourth-order valence-electron chi connectivity index (χ4n) is 2.07. The highest BCUT2D eigenvalue weighted by molar-refractivity contribution is 7.42. The summed E-state index contributed by atoms with van der Waals surface area (Å²) in [5.74, 6) is 0.664. The van der Waals surface area contributed by atoms with Crippen molar-refractivity contribution < 1.29 is 13.6 Å². The van der Waals surface area contributed by atoms with Gasteiger partial charge in [0, 0.05) is 5.02 Å². The van der Waals surface area contributed by atoms with Gasteiger partial charge >= 0.3 is 8.60 Å². The van der Waals surface area contributed by atoms with E-state index in [9.17, 15) is 0 Å². The van der Waals surface area contributed by atoms with E-state index < -0.39 is 8.60 Å². The Hall–Kier alpha value is -1.90. The molecule has 3 aromatic rings. The van der Waals surface area contributed by atoms with Crippen LogP contribution in [0.1, 0.15) is 11.1 Å². The van der Waals surface area contributed by atoms with Crippen LogP contribution in [0.2, 0.25) is 5.02 Å². The SMILES string of the molecule is Clc1ccc(OP(OCc2ccccc2)OCc2ccccc2)cc1. The first kappa shape index (κ1) is 17.9. The van der Waals surface area contributed by atoms with E-state index in [1.165, 1.54) is 0 Å². The average Bonchev–Trinajstić information content (AvgIpc) is 2.67. The van der Waals surface area contributed by atoms with E-state index in [0.717, 1.165) is 11.1 Å². The Morgan fingerprint density at radius 1 is 0.640 bits per heavy atom. The molecule has 0 atom stereocenters. The van der Waals surface area contributed by atoms with E-state index in [-0.39, 0.29) is 0 Å². The minimum absolute atomic E-state index is 0.426. The summed E-state index contributed by atoms with van der Waals surface area (Å²) < 4.78 is 17.6. The molecule has 0 N–H and O–H groups in total. The maximum atomic E-state index is 5.92. The zero-order valence-electron chi connectivity index (χ0n) is 13.5. The van der Waals surface area contributed by atoms with Crippen molar-refractivity contribution in [3.8, 4) is 5.75 Å². The van der Waals surface area contributed by atoms with E-state index in [1.54, 1.807) is 24.3 Å². The van der Waals surface area contributed by atoms with Gasteiger partial charge in [-0.3, -0.25) is 9.05 Å². The lowest BCUT2D eigenvalue weighted by molar-refractivity contribution is 0.192. The van der Waals surface area contributed by atoms with Crippen LogP contribution >= 0.6 is 20.2 Å². The lowest BCUT2D eigenvalue weighted by Gasteiger charge is -2.17. The third-order valence-electron chi connectivity index (χ3n) is 3.35. The lowest BCUT2D eigenvalue weighted by atomic mass is 10.2. The summed E-state index contributed by atoms with van der Waals surface area (Å²) in [6, 6.07) is 27.0. The van der Waals surface area contributed by atoms with Gasteiger partial charge in [0.25, 0.3) is 0 Å². The van der Waals surface area contributed by atoms with Crippen molar-refractivity contribution in [2.45, 2.75) is 13.2 Å². The second-order valence-corrected chi connectivity index (χ2v) is 6.87. The molecule has 3 rings (SSSR count). The van der Waals surface area contributed by atoms with Gasteiger partial charge in [-0.2, -0.15) is 0 Å². The second kappa shape index (κ2) is 9.55. The van der Waals surface area contributed by atoms with Gasteiger partial charge in [0.1, 0.15) is 5.75 Å². The smallest absolute Gasteiger partial charge is 0.397 e. The molecule has 25 heavy (non-hydrogen) atoms. The van der Waals surface area contributed by atoms with Gasteiger partial charge in [-0.25, -0.2) is 0 Å². The largest absolute Gasteiger partial charge is 0.427 e. The minimum atomic E-state index is -1.54. The van der Waals surface area contributed by atoms with Crippen molar-refractivity contribution >= 4 is 20.2 Å². The summed E-state index contributed by atoms with van der Waals surface area (Å²) >= 11 is 5.92. The fourth-order valence-corrected chi connectivity index (χ4v) is 3.18. The molecule has 0 saturated carbocycles. The molecular formula is C20H18ClO3P. The Bertz CT molecular complexity index is 707. The standard InChI is InChI=1S/C20H18ClO3P/c21-19-11-13-20(14-12-19)24-25(22-15-17-7-3-1-4-8-17)23-16-18-9-5-2-6-10-18/h1-14H,15-16H2. The third kappa shape index (κ3) is 6.15. The van der Waals surface area contributed by atoms with Crippen molar-refractivity contribution in [2.75, 3.05) is 0 Å². The van der Waals surface area contributed by atoms with Crippen molar-refractivity contribution in [1.82, 2.24) is 0 Å². The van der Waals surface area contributed by atoms with Crippen LogP contribution in [0.3, 0.4) is 0 Å². The maximum Gasteiger partial charge on any atom is 0.397 e. The van der Waals surface area contributed by atoms with Crippen LogP contribution in [-0.2, 0) is 22.3 Å². The van der Waals surface area contributed by atoms with E-state index in [4.69, 9.17) is 25.2 Å². The van der Waals surface area contributed by atoms with E-state index in [0.29, 0.717) is 24.0 Å². The van der Waals surface area contributed by atoms with Gasteiger partial charge in [-0.1, -0.05) is 72.3 Å². The van der Waals surface area contributed by atoms with Gasteiger partial charge in [0.05, 0.1) is 13.2 Å². The lowest BCUT2D eigenvalue weighted by Crippen LogP contribution is -1.99. The predicted molar refractivity (Wildman–Crippen MR) is 101 cm³/mol. The zero-order valence-corrected chi connectivity index (χ0v) is 15.2. The van der Waals surface area contributed by atoms with Crippen LogP contribution in [-0.4, -0.2) is 0 Å². The molecule has 0 fully saturated rings. The molecule has 0 aliphatic carbocycles. The molecule has 0 bridgehead atoms. The molecule has 5 heteroatoms. The Morgan fingerprint density at radius 2 is 1.12 bits per heavy atom. The molecule has 3 nitrogen and oxygen atoms in total. The Labute approximate surface area is 154 Å². The molecule has 0 amide bonds. The molecule has 0 aliphatic heterocycles. The van der Waals surface area contributed by atoms with Crippen LogP contribution in [0.15, 0.2) is 84.9 Å². The van der Waals surface area contributed by atoms with Gasteiger partial charge in [0.2, 0.25) is 0 Å². The first-order valence-corrected chi connectivity index (χ1v) is 9.34. The summed E-state index contributed by atoms with van der Waals surface area (Å²) in [4.78, 5) is 0. The number of benzene rings is 3. The number of hydrogen-bond acceptors (Lipinski definition) is 3. The van der Waals surface area contributed by atoms with Gasteiger partial charge in [-0.15, -0.1) is 0 Å². The van der Waals surface area contributed by atoms with E-state index >= 15 is 0 Å². The maximum absolute atomic E-state index is 5.92. The Balaban J connectivity index is 1.62.